The van der Waals surface area contributed by atoms with Crippen molar-refractivity contribution in [3.05, 3.63) is 34.1 Å². The van der Waals surface area contributed by atoms with Crippen LogP contribution in [0.4, 0.5) is 4.39 Å². The van der Waals surface area contributed by atoms with Crippen LogP contribution in [-0.2, 0) is 15.0 Å². The van der Waals surface area contributed by atoms with E-state index in [4.69, 9.17) is 11.6 Å². The fraction of sp³-hybridized carbons (Fsp3) is 0.529. The maximum Gasteiger partial charge on any atom is 0.137 e. The van der Waals surface area contributed by atoms with E-state index in [9.17, 15) is 14.0 Å². The first kappa shape index (κ1) is 17.8. The van der Waals surface area contributed by atoms with Gasteiger partial charge in [0, 0.05) is 17.9 Å². The maximum atomic E-state index is 14.2. The summed E-state index contributed by atoms with van der Waals surface area (Å²) in [6.45, 7) is 8.81. The Morgan fingerprint density at radius 2 is 1.81 bits per heavy atom. The largest absolute Gasteiger partial charge is 0.300 e. The molecule has 0 aliphatic heterocycles. The predicted octanol–water partition coefficient (Wildman–Crippen LogP) is 4.82. The minimum Gasteiger partial charge on any atom is -0.300 e. The van der Waals surface area contributed by atoms with Crippen LogP contribution >= 0.6 is 11.6 Å². The molecule has 116 valence electrons. The van der Waals surface area contributed by atoms with Crippen molar-refractivity contribution in [1.29, 1.82) is 0 Å². The minimum absolute atomic E-state index is 0.0234. The van der Waals surface area contributed by atoms with Gasteiger partial charge in [-0.2, -0.15) is 0 Å². The summed E-state index contributed by atoms with van der Waals surface area (Å²) in [6, 6.07) is 3.01. The van der Waals surface area contributed by atoms with Gasteiger partial charge in [-0.25, -0.2) is 4.39 Å². The second kappa shape index (κ2) is 6.69. The lowest BCUT2D eigenvalue weighted by molar-refractivity contribution is -0.119. The Morgan fingerprint density at radius 3 is 2.24 bits per heavy atom. The molecule has 0 saturated heterocycles. The zero-order valence-electron chi connectivity index (χ0n) is 13.2. The standard InChI is InChI=1S/C17H22ClFO2/c1-10(20)6-7-12(11(2)21)15-14(19)9-8-13(16(15)18)17(3,4)5/h8-9,12H,6-7H2,1-5H3. The average molecular weight is 313 g/mol. The van der Waals surface area contributed by atoms with E-state index in [-0.39, 0.29) is 35.4 Å². The zero-order chi connectivity index (χ0) is 16.4. The van der Waals surface area contributed by atoms with Crippen molar-refractivity contribution in [3.8, 4) is 0 Å². The number of hydrogen-bond acceptors (Lipinski definition) is 2. The van der Waals surface area contributed by atoms with Crippen LogP contribution in [0.25, 0.3) is 0 Å². The SMILES string of the molecule is CC(=O)CCC(C(C)=O)c1c(F)ccc(C(C)(C)C)c1Cl. The first-order valence-corrected chi connectivity index (χ1v) is 7.41. The third kappa shape index (κ3) is 4.37. The van der Waals surface area contributed by atoms with E-state index in [2.05, 4.69) is 0 Å². The van der Waals surface area contributed by atoms with Gasteiger partial charge in [0.1, 0.15) is 17.4 Å². The van der Waals surface area contributed by atoms with Crippen molar-refractivity contribution in [2.45, 2.75) is 58.8 Å². The van der Waals surface area contributed by atoms with Crippen LogP contribution in [0, 0.1) is 5.82 Å². The molecule has 0 heterocycles. The Kier molecular flexibility index (Phi) is 5.68. The number of halogens is 2. The Hall–Kier alpha value is -1.22. The molecular formula is C17H22ClFO2. The van der Waals surface area contributed by atoms with Gasteiger partial charge >= 0.3 is 0 Å². The zero-order valence-corrected chi connectivity index (χ0v) is 14.0. The van der Waals surface area contributed by atoms with E-state index < -0.39 is 11.7 Å². The monoisotopic (exact) mass is 312 g/mol. The number of Topliss-reactive ketones (excluding diaryl/α,β-unsaturated/α-hetero) is 2. The van der Waals surface area contributed by atoms with Crippen molar-refractivity contribution in [3.63, 3.8) is 0 Å². The molecule has 0 aromatic heterocycles. The second-order valence-corrected chi connectivity index (χ2v) is 6.85. The Balaban J connectivity index is 3.37. The van der Waals surface area contributed by atoms with Gasteiger partial charge in [-0.05, 0) is 37.3 Å². The Morgan fingerprint density at radius 1 is 1.24 bits per heavy atom. The lowest BCUT2D eigenvalue weighted by atomic mass is 9.82. The summed E-state index contributed by atoms with van der Waals surface area (Å²) in [6.07, 6.45) is 0.522. The van der Waals surface area contributed by atoms with E-state index >= 15 is 0 Å². The normalized spacial score (nSPS) is 13.1. The van der Waals surface area contributed by atoms with Crippen LogP contribution in [-0.4, -0.2) is 11.6 Å². The minimum atomic E-state index is -0.677. The van der Waals surface area contributed by atoms with Crippen molar-refractivity contribution >= 4 is 23.2 Å². The molecule has 0 fully saturated rings. The van der Waals surface area contributed by atoms with Gasteiger partial charge in [-0.15, -0.1) is 0 Å². The number of carbonyl (C=O) groups excluding carboxylic acids is 2. The molecule has 1 aromatic rings. The van der Waals surface area contributed by atoms with Gasteiger partial charge in [-0.1, -0.05) is 38.4 Å². The summed E-state index contributed by atoms with van der Waals surface area (Å²) in [5.74, 6) is -1.37. The molecule has 0 radical (unpaired) electrons. The molecule has 1 atom stereocenters. The van der Waals surface area contributed by atoms with E-state index in [0.717, 1.165) is 5.56 Å². The second-order valence-electron chi connectivity index (χ2n) is 6.48. The van der Waals surface area contributed by atoms with Crippen LogP contribution in [0.1, 0.15) is 64.5 Å². The highest BCUT2D eigenvalue weighted by molar-refractivity contribution is 6.32. The summed E-state index contributed by atoms with van der Waals surface area (Å²) in [4.78, 5) is 23.0. The molecule has 0 amide bonds. The van der Waals surface area contributed by atoms with Crippen LogP contribution in [0.15, 0.2) is 12.1 Å². The molecule has 0 bridgehead atoms. The van der Waals surface area contributed by atoms with E-state index in [0.29, 0.717) is 5.02 Å². The van der Waals surface area contributed by atoms with Gasteiger partial charge in [-0.3, -0.25) is 4.79 Å². The summed E-state index contributed by atoms with van der Waals surface area (Å²) in [5, 5.41) is 0.297. The first-order chi connectivity index (χ1) is 9.55. The first-order valence-electron chi connectivity index (χ1n) is 7.04. The summed E-state index contributed by atoms with van der Waals surface area (Å²) >= 11 is 6.38. The van der Waals surface area contributed by atoms with Gasteiger partial charge in [0.15, 0.2) is 0 Å². The molecule has 1 rings (SSSR count). The lowest BCUT2D eigenvalue weighted by Crippen LogP contribution is -2.17. The third-order valence-corrected chi connectivity index (χ3v) is 3.97. The molecule has 0 N–H and O–H groups in total. The summed E-state index contributed by atoms with van der Waals surface area (Å²) in [7, 11) is 0. The molecular weight excluding hydrogens is 291 g/mol. The maximum absolute atomic E-state index is 14.2. The van der Waals surface area contributed by atoms with Gasteiger partial charge in [0.2, 0.25) is 0 Å². The van der Waals surface area contributed by atoms with E-state index in [1.165, 1.54) is 19.9 Å². The topological polar surface area (TPSA) is 34.1 Å². The molecule has 0 aliphatic carbocycles. The fourth-order valence-electron chi connectivity index (χ4n) is 2.37. The predicted molar refractivity (Wildman–Crippen MR) is 83.4 cm³/mol. The highest BCUT2D eigenvalue weighted by Gasteiger charge is 2.28. The van der Waals surface area contributed by atoms with Gasteiger partial charge < -0.3 is 4.79 Å². The molecule has 0 aliphatic rings. The number of carbonyl (C=O) groups is 2. The molecule has 2 nitrogen and oxygen atoms in total. The average Bonchev–Trinajstić information content (AvgIpc) is 2.30. The Bertz CT molecular complexity index is 559. The van der Waals surface area contributed by atoms with Gasteiger partial charge in [0.05, 0.1) is 5.02 Å². The molecule has 0 spiro atoms. The van der Waals surface area contributed by atoms with Crippen molar-refractivity contribution in [1.82, 2.24) is 0 Å². The van der Waals surface area contributed by atoms with E-state index in [1.54, 1.807) is 6.07 Å². The number of hydrogen-bond donors (Lipinski definition) is 0. The smallest absolute Gasteiger partial charge is 0.137 e. The summed E-state index contributed by atoms with van der Waals surface area (Å²) < 4.78 is 14.2. The van der Waals surface area contributed by atoms with Crippen LogP contribution in [0.2, 0.25) is 5.02 Å². The quantitative estimate of drug-likeness (QED) is 0.781. The number of rotatable bonds is 5. The number of ketones is 2. The molecule has 21 heavy (non-hydrogen) atoms. The van der Waals surface area contributed by atoms with Gasteiger partial charge in [0.25, 0.3) is 0 Å². The van der Waals surface area contributed by atoms with Crippen molar-refractivity contribution in [2.24, 2.45) is 0 Å². The Labute approximate surface area is 130 Å². The molecule has 0 saturated carbocycles. The third-order valence-electron chi connectivity index (χ3n) is 3.56. The van der Waals surface area contributed by atoms with Crippen molar-refractivity contribution < 1.29 is 14.0 Å². The molecule has 1 aromatic carbocycles. The van der Waals surface area contributed by atoms with Crippen LogP contribution in [0.5, 0.6) is 0 Å². The molecule has 1 unspecified atom stereocenters. The van der Waals surface area contributed by atoms with Crippen LogP contribution < -0.4 is 0 Å². The number of benzene rings is 1. The summed E-state index contributed by atoms with van der Waals surface area (Å²) in [5.41, 5.74) is 0.772. The van der Waals surface area contributed by atoms with Crippen LogP contribution in [0.3, 0.4) is 0 Å². The van der Waals surface area contributed by atoms with Crippen molar-refractivity contribution in [2.75, 3.05) is 0 Å². The van der Waals surface area contributed by atoms with E-state index in [1.807, 2.05) is 20.8 Å². The molecule has 4 heteroatoms. The highest BCUT2D eigenvalue weighted by atomic mass is 35.5. The highest BCUT2D eigenvalue weighted by Crippen LogP contribution is 2.38. The lowest BCUT2D eigenvalue weighted by Gasteiger charge is -2.25. The fourth-order valence-corrected chi connectivity index (χ4v) is 2.93.